The quantitative estimate of drug-likeness (QED) is 0.296. The molecule has 0 bridgehead atoms. The Morgan fingerprint density at radius 3 is 2.76 bits per heavy atom. The molecule has 0 unspecified atom stereocenters. The number of hydrogen-bond acceptors (Lipinski definition) is 10. The Bertz CT molecular complexity index is 1630. The van der Waals surface area contributed by atoms with E-state index < -0.39 is 5.91 Å². The lowest BCUT2D eigenvalue weighted by molar-refractivity contribution is -0.115. The Morgan fingerprint density at radius 1 is 1.10 bits per heavy atom. The molecule has 0 aliphatic carbocycles. The van der Waals surface area contributed by atoms with E-state index in [1.165, 1.54) is 0 Å². The number of ether oxygens (including phenoxy) is 1. The third-order valence-corrected chi connectivity index (χ3v) is 8.12. The summed E-state index contributed by atoms with van der Waals surface area (Å²) >= 11 is 0.884. The third-order valence-electron chi connectivity index (χ3n) is 7.30. The summed E-state index contributed by atoms with van der Waals surface area (Å²) in [6.45, 7) is 3.14. The van der Waals surface area contributed by atoms with Crippen LogP contribution in [0, 0.1) is 5.92 Å². The maximum Gasteiger partial charge on any atom is 0.290 e. The summed E-state index contributed by atoms with van der Waals surface area (Å²) in [6.07, 6.45) is 9.05. The molecule has 2 saturated heterocycles. The van der Waals surface area contributed by atoms with E-state index in [1.807, 2.05) is 36.7 Å². The zero-order valence-corrected chi connectivity index (χ0v) is 23.4. The van der Waals surface area contributed by atoms with Gasteiger partial charge in [-0.05, 0) is 66.7 Å². The Kier molecular flexibility index (Phi) is 7.88. The zero-order chi connectivity index (χ0) is 28.2. The first kappa shape index (κ1) is 26.9. The average molecular weight is 568 g/mol. The number of piperidine rings is 1. The summed E-state index contributed by atoms with van der Waals surface area (Å²) in [4.78, 5) is 44.2. The number of nitrogens with one attached hydrogen (secondary N) is 2. The van der Waals surface area contributed by atoms with Crippen molar-refractivity contribution in [3.05, 3.63) is 77.3 Å². The second-order valence-corrected chi connectivity index (χ2v) is 11.0. The summed E-state index contributed by atoms with van der Waals surface area (Å²) in [5, 5.41) is 7.69. The lowest BCUT2D eigenvalue weighted by Gasteiger charge is -2.32. The van der Waals surface area contributed by atoms with Gasteiger partial charge in [-0.2, -0.15) is 0 Å². The van der Waals surface area contributed by atoms with Crippen molar-refractivity contribution < 1.29 is 14.3 Å². The number of pyridine rings is 2. The van der Waals surface area contributed by atoms with E-state index in [0.29, 0.717) is 29.0 Å². The molecule has 1 aromatic carbocycles. The van der Waals surface area contributed by atoms with Crippen LogP contribution in [0.1, 0.15) is 24.2 Å². The molecule has 208 valence electrons. The fourth-order valence-corrected chi connectivity index (χ4v) is 5.82. The predicted octanol–water partition coefficient (Wildman–Crippen LogP) is 4.43. The Labute approximate surface area is 241 Å². The van der Waals surface area contributed by atoms with Gasteiger partial charge in [0.1, 0.15) is 5.75 Å². The van der Waals surface area contributed by atoms with Crippen LogP contribution in [0.2, 0.25) is 0 Å². The molecular weight excluding hydrogens is 538 g/mol. The molecule has 2 fully saturated rings. The van der Waals surface area contributed by atoms with E-state index in [2.05, 4.69) is 42.6 Å². The number of aromatic nitrogens is 4. The van der Waals surface area contributed by atoms with Crippen molar-refractivity contribution in [2.24, 2.45) is 5.92 Å². The van der Waals surface area contributed by atoms with Gasteiger partial charge < -0.3 is 15.0 Å². The second kappa shape index (κ2) is 12.0. The molecule has 6 rings (SSSR count). The van der Waals surface area contributed by atoms with Gasteiger partial charge in [0, 0.05) is 49.2 Å². The first-order valence-corrected chi connectivity index (χ1v) is 14.3. The van der Waals surface area contributed by atoms with Gasteiger partial charge in [-0.1, -0.05) is 24.3 Å². The first-order valence-electron chi connectivity index (χ1n) is 13.5. The summed E-state index contributed by atoms with van der Waals surface area (Å²) in [6, 6.07) is 13.9. The van der Waals surface area contributed by atoms with Crippen LogP contribution in [0.3, 0.4) is 0 Å². The van der Waals surface area contributed by atoms with Crippen LogP contribution in [0.4, 0.5) is 10.7 Å². The van der Waals surface area contributed by atoms with E-state index in [-0.39, 0.29) is 5.24 Å². The number of methoxy groups -OCH3 is 1. The first-order chi connectivity index (χ1) is 20.1. The third kappa shape index (κ3) is 6.06. The molecule has 2 amide bonds. The van der Waals surface area contributed by atoms with Gasteiger partial charge >= 0.3 is 0 Å². The lowest BCUT2D eigenvalue weighted by atomic mass is 9.97. The van der Waals surface area contributed by atoms with Crippen molar-refractivity contribution in [3.8, 4) is 17.0 Å². The van der Waals surface area contributed by atoms with Crippen LogP contribution >= 0.6 is 11.8 Å². The number of hydrogen-bond donors (Lipinski definition) is 2. The predicted molar refractivity (Wildman–Crippen MR) is 159 cm³/mol. The highest BCUT2D eigenvalue weighted by molar-refractivity contribution is 8.18. The SMILES string of the molecule is COc1ccc(-c2cncc3ccccc23)nc1CNCC1CCN(c2nccc(/C=C3\SC(=O)NC3=O)n2)CC1. The number of carbonyl (C=O) groups excluding carboxylic acids is 2. The number of carbonyl (C=O) groups is 2. The van der Waals surface area contributed by atoms with E-state index in [0.717, 1.165) is 77.7 Å². The van der Waals surface area contributed by atoms with Crippen molar-refractivity contribution in [2.45, 2.75) is 19.4 Å². The van der Waals surface area contributed by atoms with Gasteiger partial charge in [0.2, 0.25) is 5.95 Å². The van der Waals surface area contributed by atoms with Crippen LogP contribution in [-0.2, 0) is 11.3 Å². The molecular formula is C30H29N7O3S. The highest BCUT2D eigenvalue weighted by Crippen LogP contribution is 2.29. The van der Waals surface area contributed by atoms with Crippen molar-refractivity contribution in [1.82, 2.24) is 30.6 Å². The van der Waals surface area contributed by atoms with Gasteiger partial charge in [-0.3, -0.25) is 19.9 Å². The highest BCUT2D eigenvalue weighted by Gasteiger charge is 2.26. The number of nitrogens with zero attached hydrogens (tertiary/aromatic N) is 5. The minimum Gasteiger partial charge on any atom is -0.495 e. The molecule has 2 N–H and O–H groups in total. The molecule has 10 nitrogen and oxygen atoms in total. The maximum atomic E-state index is 11.9. The van der Waals surface area contributed by atoms with Crippen molar-refractivity contribution in [1.29, 1.82) is 0 Å². The highest BCUT2D eigenvalue weighted by atomic mass is 32.2. The number of thioether (sulfide) groups is 1. The van der Waals surface area contributed by atoms with Crippen LogP contribution in [0.5, 0.6) is 5.75 Å². The Morgan fingerprint density at radius 2 is 1.95 bits per heavy atom. The summed E-state index contributed by atoms with van der Waals surface area (Å²) in [5.41, 5.74) is 3.34. The average Bonchev–Trinajstić information content (AvgIpc) is 3.33. The largest absolute Gasteiger partial charge is 0.495 e. The summed E-state index contributed by atoms with van der Waals surface area (Å²) in [7, 11) is 1.67. The van der Waals surface area contributed by atoms with Gasteiger partial charge in [0.25, 0.3) is 11.1 Å². The molecule has 11 heteroatoms. The van der Waals surface area contributed by atoms with E-state index in [1.54, 1.807) is 25.4 Å². The lowest BCUT2D eigenvalue weighted by Crippen LogP contribution is -2.38. The minimum absolute atomic E-state index is 0.342. The number of anilines is 1. The van der Waals surface area contributed by atoms with Crippen LogP contribution in [-0.4, -0.2) is 57.8 Å². The molecule has 0 atom stereocenters. The molecule has 2 aliphatic rings. The normalized spacial score (nSPS) is 16.9. The standard InChI is InChI=1S/C30H29N7O3S/c1-40-26-7-6-24(23-17-32-16-20-4-2-3-5-22(20)23)35-25(26)18-31-15-19-9-12-37(13-10-19)29-33-11-8-21(34-29)14-27-28(38)36-30(39)41-27/h2-8,11,14,16-17,19,31H,9-10,12-13,15,18H2,1H3,(H,36,38,39)/b27-14-. The topological polar surface area (TPSA) is 122 Å². The number of fused-ring (bicyclic) bond motifs is 1. The van der Waals surface area contributed by atoms with Crippen molar-refractivity contribution in [3.63, 3.8) is 0 Å². The smallest absolute Gasteiger partial charge is 0.290 e. The number of imide groups is 1. The number of rotatable bonds is 8. The molecule has 5 heterocycles. The molecule has 2 aliphatic heterocycles. The van der Waals surface area contributed by atoms with Crippen molar-refractivity contribution in [2.75, 3.05) is 31.6 Å². The Balaban J connectivity index is 1.06. The van der Waals surface area contributed by atoms with Gasteiger partial charge in [0.15, 0.2) is 0 Å². The molecule has 41 heavy (non-hydrogen) atoms. The number of benzene rings is 1. The molecule has 0 radical (unpaired) electrons. The summed E-state index contributed by atoms with van der Waals surface area (Å²) in [5.74, 6) is 1.51. The Hall–Kier alpha value is -4.35. The summed E-state index contributed by atoms with van der Waals surface area (Å²) < 4.78 is 5.61. The van der Waals surface area contributed by atoms with E-state index in [9.17, 15) is 9.59 Å². The fraction of sp³-hybridized carbons (Fsp3) is 0.267. The van der Waals surface area contributed by atoms with Gasteiger partial charge in [-0.25, -0.2) is 15.0 Å². The van der Waals surface area contributed by atoms with E-state index >= 15 is 0 Å². The van der Waals surface area contributed by atoms with Crippen LogP contribution in [0.15, 0.2) is 66.0 Å². The van der Waals surface area contributed by atoms with Crippen LogP contribution < -0.4 is 20.3 Å². The maximum absolute atomic E-state index is 11.9. The molecule has 3 aromatic heterocycles. The van der Waals surface area contributed by atoms with Gasteiger partial charge in [0.05, 0.1) is 29.1 Å². The van der Waals surface area contributed by atoms with E-state index in [4.69, 9.17) is 9.72 Å². The fourth-order valence-electron chi connectivity index (χ4n) is 5.15. The zero-order valence-electron chi connectivity index (χ0n) is 22.5. The second-order valence-electron chi connectivity index (χ2n) is 9.95. The van der Waals surface area contributed by atoms with Crippen LogP contribution in [0.25, 0.3) is 28.1 Å². The van der Waals surface area contributed by atoms with Gasteiger partial charge in [-0.15, -0.1) is 0 Å². The minimum atomic E-state index is -0.390. The van der Waals surface area contributed by atoms with Crippen molar-refractivity contribution >= 4 is 45.7 Å². The molecule has 4 aromatic rings. The molecule has 0 saturated carbocycles. The molecule has 0 spiro atoms. The number of amides is 2. The monoisotopic (exact) mass is 567 g/mol.